The molecule has 6 nitrogen and oxygen atoms in total. The van der Waals surface area contributed by atoms with E-state index in [0.29, 0.717) is 5.46 Å². The summed E-state index contributed by atoms with van der Waals surface area (Å²) in [5, 5.41) is 0. The van der Waals surface area contributed by atoms with E-state index in [4.69, 9.17) is 9.31 Å². The number of methoxy groups -OCH3 is 1. The highest BCUT2D eigenvalue weighted by Gasteiger charge is 2.51. The molecule has 8 heteroatoms. The molecule has 2 aliphatic rings. The number of rotatable bonds is 3. The van der Waals surface area contributed by atoms with Gasteiger partial charge in [-0.1, -0.05) is 6.07 Å². The van der Waals surface area contributed by atoms with E-state index in [1.54, 1.807) is 6.07 Å². The number of hydrogen-bond donors (Lipinski definition) is 0. The molecule has 0 unspecified atom stereocenters. The summed E-state index contributed by atoms with van der Waals surface area (Å²) in [7, 11) is 0.593. The number of anilines is 1. The highest BCUT2D eigenvalue weighted by Crippen LogP contribution is 2.37. The van der Waals surface area contributed by atoms with Crippen molar-refractivity contribution in [2.45, 2.75) is 45.3 Å². The van der Waals surface area contributed by atoms with Crippen molar-refractivity contribution in [2.75, 3.05) is 18.6 Å². The maximum Gasteiger partial charge on any atom is 0.494 e. The number of esters is 1. The normalized spacial score (nSPS) is 24.2. The lowest BCUT2D eigenvalue weighted by Crippen LogP contribution is -2.41. The number of carbonyl (C=O) groups is 2. The van der Waals surface area contributed by atoms with Crippen LogP contribution in [-0.2, 0) is 23.6 Å². The summed E-state index contributed by atoms with van der Waals surface area (Å²) in [6, 6.07) is 4.52. The molecule has 140 valence electrons. The Morgan fingerprint density at radius 1 is 1.27 bits per heavy atom. The lowest BCUT2D eigenvalue weighted by Gasteiger charge is -2.32. The van der Waals surface area contributed by atoms with Crippen LogP contribution in [0.3, 0.4) is 0 Å². The lowest BCUT2D eigenvalue weighted by atomic mass is 9.79. The summed E-state index contributed by atoms with van der Waals surface area (Å²) in [6.45, 7) is 7.81. The molecule has 0 aliphatic carbocycles. The largest absolute Gasteiger partial charge is 0.494 e. The molecule has 0 radical (unpaired) electrons. The second-order valence-electron chi connectivity index (χ2n) is 7.73. The quantitative estimate of drug-likeness (QED) is 0.604. The fourth-order valence-electron chi connectivity index (χ4n) is 3.13. The van der Waals surface area contributed by atoms with Gasteiger partial charge in [-0.25, -0.2) is 4.39 Å². The van der Waals surface area contributed by atoms with Gasteiger partial charge in [-0.2, -0.15) is 0 Å². The first kappa shape index (κ1) is 18.9. The van der Waals surface area contributed by atoms with Crippen LogP contribution in [0.2, 0.25) is 0 Å². The van der Waals surface area contributed by atoms with Crippen LogP contribution in [-0.4, -0.2) is 43.9 Å². The van der Waals surface area contributed by atoms with Crippen LogP contribution in [0.25, 0.3) is 0 Å². The first-order chi connectivity index (χ1) is 12.1. The van der Waals surface area contributed by atoms with Gasteiger partial charge in [0.25, 0.3) is 0 Å². The number of nitrogens with zero attached hydrogens (tertiary/aromatic N) is 1. The van der Waals surface area contributed by atoms with Gasteiger partial charge in [0.2, 0.25) is 5.91 Å². The van der Waals surface area contributed by atoms with Crippen molar-refractivity contribution in [3.05, 3.63) is 24.0 Å². The van der Waals surface area contributed by atoms with Crippen LogP contribution in [0, 0.1) is 11.7 Å². The maximum absolute atomic E-state index is 14.7. The summed E-state index contributed by atoms with van der Waals surface area (Å²) in [6.07, 6.45) is 0.0189. The predicted molar refractivity (Wildman–Crippen MR) is 94.6 cm³/mol. The molecule has 0 saturated carbocycles. The summed E-state index contributed by atoms with van der Waals surface area (Å²) < 4.78 is 31.2. The molecule has 2 fully saturated rings. The molecule has 0 aromatic heterocycles. The number of hydrogen-bond acceptors (Lipinski definition) is 5. The minimum Gasteiger partial charge on any atom is -0.469 e. The second-order valence-corrected chi connectivity index (χ2v) is 7.73. The third-order valence-electron chi connectivity index (χ3n) is 5.45. The number of halogens is 1. The Kier molecular flexibility index (Phi) is 4.61. The van der Waals surface area contributed by atoms with Gasteiger partial charge in [-0.15, -0.1) is 0 Å². The highest BCUT2D eigenvalue weighted by molar-refractivity contribution is 6.62. The third-order valence-corrected chi connectivity index (χ3v) is 5.45. The molecule has 0 N–H and O–H groups in total. The van der Waals surface area contributed by atoms with Crippen molar-refractivity contribution >= 4 is 30.1 Å². The Bertz CT molecular complexity index is 735. The smallest absolute Gasteiger partial charge is 0.469 e. The van der Waals surface area contributed by atoms with Gasteiger partial charge in [-0.3, -0.25) is 9.59 Å². The van der Waals surface area contributed by atoms with E-state index in [1.165, 1.54) is 24.1 Å². The molecular weight excluding hydrogens is 340 g/mol. The van der Waals surface area contributed by atoms with E-state index in [-0.39, 0.29) is 24.6 Å². The summed E-state index contributed by atoms with van der Waals surface area (Å²) in [4.78, 5) is 25.1. The molecule has 1 amide bonds. The summed E-state index contributed by atoms with van der Waals surface area (Å²) >= 11 is 0. The fourth-order valence-corrected chi connectivity index (χ4v) is 3.13. The van der Waals surface area contributed by atoms with Gasteiger partial charge in [0.15, 0.2) is 0 Å². The first-order valence-electron chi connectivity index (χ1n) is 8.59. The zero-order valence-electron chi connectivity index (χ0n) is 15.7. The Morgan fingerprint density at radius 2 is 1.88 bits per heavy atom. The van der Waals surface area contributed by atoms with Gasteiger partial charge >= 0.3 is 13.1 Å². The average molecular weight is 363 g/mol. The van der Waals surface area contributed by atoms with E-state index in [0.717, 1.165) is 0 Å². The van der Waals surface area contributed by atoms with Crippen LogP contribution in [0.1, 0.15) is 34.1 Å². The minimum atomic E-state index is -0.680. The Balaban J connectivity index is 1.81. The molecule has 0 spiro atoms. The van der Waals surface area contributed by atoms with Crippen molar-refractivity contribution in [1.82, 2.24) is 0 Å². The van der Waals surface area contributed by atoms with E-state index in [2.05, 4.69) is 4.74 Å². The Labute approximate surface area is 152 Å². The summed E-state index contributed by atoms with van der Waals surface area (Å²) in [5.74, 6) is -1.90. The van der Waals surface area contributed by atoms with Crippen molar-refractivity contribution in [1.29, 1.82) is 0 Å². The second kappa shape index (κ2) is 6.35. The van der Waals surface area contributed by atoms with Gasteiger partial charge in [0.1, 0.15) is 5.82 Å². The average Bonchev–Trinajstić information content (AvgIpc) is 3.03. The molecule has 1 aromatic rings. The molecule has 26 heavy (non-hydrogen) atoms. The van der Waals surface area contributed by atoms with Crippen molar-refractivity contribution in [3.8, 4) is 0 Å². The number of amides is 1. The number of ether oxygens (including phenoxy) is 1. The molecule has 0 bridgehead atoms. The highest BCUT2D eigenvalue weighted by atomic mass is 19.1. The standard InChI is InChI=1S/C18H23BFNO5/c1-17(2)18(3,4)26-19(25-17)12-6-7-14(13(20)9-12)21-10-11(8-15(21)22)16(23)24-5/h6-7,9,11H,8,10H2,1-5H3/t11-/m1/s1. The van der Waals surface area contributed by atoms with Crippen LogP contribution >= 0.6 is 0 Å². The van der Waals surface area contributed by atoms with Crippen LogP contribution < -0.4 is 10.4 Å². The van der Waals surface area contributed by atoms with Gasteiger partial charge < -0.3 is 18.9 Å². The van der Waals surface area contributed by atoms with E-state index < -0.39 is 36.0 Å². The topological polar surface area (TPSA) is 65.1 Å². The van der Waals surface area contributed by atoms with Crippen molar-refractivity contribution in [3.63, 3.8) is 0 Å². The van der Waals surface area contributed by atoms with Gasteiger partial charge in [-0.05, 0) is 45.3 Å². The van der Waals surface area contributed by atoms with E-state index in [9.17, 15) is 14.0 Å². The van der Waals surface area contributed by atoms with Gasteiger partial charge in [0, 0.05) is 13.0 Å². The molecule has 3 rings (SSSR count). The Hall–Kier alpha value is -1.93. The predicted octanol–water partition coefficient (Wildman–Crippen LogP) is 1.65. The maximum atomic E-state index is 14.7. The molecular formula is C18H23BFNO5. The van der Waals surface area contributed by atoms with Crippen LogP contribution in [0.5, 0.6) is 0 Å². The summed E-state index contributed by atoms with van der Waals surface area (Å²) in [5.41, 5.74) is -0.362. The monoisotopic (exact) mass is 363 g/mol. The Morgan fingerprint density at radius 3 is 2.42 bits per heavy atom. The van der Waals surface area contributed by atoms with E-state index in [1.807, 2.05) is 27.7 Å². The number of benzene rings is 1. The molecule has 1 aromatic carbocycles. The lowest BCUT2D eigenvalue weighted by molar-refractivity contribution is -0.145. The van der Waals surface area contributed by atoms with Crippen molar-refractivity contribution < 1.29 is 28.0 Å². The first-order valence-corrected chi connectivity index (χ1v) is 8.59. The number of carbonyl (C=O) groups excluding carboxylic acids is 2. The molecule has 2 saturated heterocycles. The van der Waals surface area contributed by atoms with Crippen molar-refractivity contribution in [2.24, 2.45) is 5.92 Å². The minimum absolute atomic E-state index is 0.0189. The molecule has 2 aliphatic heterocycles. The van der Waals surface area contributed by atoms with Crippen LogP contribution in [0.15, 0.2) is 18.2 Å². The van der Waals surface area contributed by atoms with E-state index >= 15 is 0 Å². The zero-order chi connectivity index (χ0) is 19.3. The SMILES string of the molecule is COC(=O)[C@@H]1CC(=O)N(c2ccc(B3OC(C)(C)C(C)(C)O3)cc2F)C1. The van der Waals surface area contributed by atoms with Gasteiger partial charge in [0.05, 0.1) is 29.9 Å². The fraction of sp³-hybridized carbons (Fsp3) is 0.556. The zero-order valence-corrected chi connectivity index (χ0v) is 15.7. The van der Waals surface area contributed by atoms with Crippen LogP contribution in [0.4, 0.5) is 10.1 Å². The third kappa shape index (κ3) is 3.12. The molecule has 2 heterocycles. The molecule has 1 atom stereocenters.